The highest BCUT2D eigenvalue weighted by Crippen LogP contribution is 2.26. The van der Waals surface area contributed by atoms with Gasteiger partial charge in [-0.15, -0.1) is 11.3 Å². The second-order valence-corrected chi connectivity index (χ2v) is 6.57. The zero-order valence-corrected chi connectivity index (χ0v) is 14.1. The number of aromatic nitrogens is 1. The van der Waals surface area contributed by atoms with Gasteiger partial charge in [-0.05, 0) is 31.0 Å². The summed E-state index contributed by atoms with van der Waals surface area (Å²) in [4.78, 5) is 30.6. The minimum atomic E-state index is -0.326. The largest absolute Gasteiger partial charge is 0.342 e. The molecule has 0 unspecified atom stereocenters. The van der Waals surface area contributed by atoms with Crippen molar-refractivity contribution in [3.63, 3.8) is 0 Å². The first-order valence-electron chi connectivity index (χ1n) is 8.00. The van der Waals surface area contributed by atoms with Crippen LogP contribution in [0.25, 0.3) is 0 Å². The lowest BCUT2D eigenvalue weighted by Gasteiger charge is -2.29. The number of benzene rings is 1. The molecule has 0 saturated heterocycles. The predicted octanol–water partition coefficient (Wildman–Crippen LogP) is 1.35. The molecule has 0 saturated carbocycles. The number of aryl methyl sites for hydroxylation is 1. The first kappa shape index (κ1) is 16.6. The number of nitrogens with one attached hydrogen (secondary N) is 1. The lowest BCUT2D eigenvalue weighted by molar-refractivity contribution is -0.117. The monoisotopic (exact) mass is 344 g/mol. The molecule has 1 aliphatic heterocycles. The molecular weight excluding hydrogens is 324 g/mol. The average molecular weight is 344 g/mol. The number of thiazole rings is 1. The Morgan fingerprint density at radius 3 is 3.00 bits per heavy atom. The van der Waals surface area contributed by atoms with E-state index in [0.29, 0.717) is 25.2 Å². The molecule has 126 valence electrons. The second kappa shape index (κ2) is 7.55. The number of nitrogens with zero attached hydrogens (tertiary/aromatic N) is 2. The number of fused-ring (bicyclic) bond motifs is 1. The molecule has 0 aliphatic carbocycles. The number of hydrogen-bond donors (Lipinski definition) is 2. The molecule has 2 aromatic rings. The topological polar surface area (TPSA) is 88.3 Å². The first-order valence-corrected chi connectivity index (χ1v) is 8.88. The van der Waals surface area contributed by atoms with Gasteiger partial charge in [0.2, 0.25) is 5.91 Å². The Morgan fingerprint density at radius 2 is 2.17 bits per heavy atom. The zero-order chi connectivity index (χ0) is 16.9. The van der Waals surface area contributed by atoms with Gasteiger partial charge in [0.1, 0.15) is 5.69 Å². The van der Waals surface area contributed by atoms with Crippen LogP contribution in [0.15, 0.2) is 29.6 Å². The number of rotatable bonds is 5. The third-order valence-electron chi connectivity index (χ3n) is 3.95. The number of carbonyl (C=O) groups excluding carboxylic acids is 2. The molecule has 0 spiro atoms. The maximum absolute atomic E-state index is 12.5. The van der Waals surface area contributed by atoms with Crippen LogP contribution in [0.3, 0.4) is 0 Å². The maximum Gasteiger partial charge on any atom is 0.271 e. The average Bonchev–Trinajstić information content (AvgIpc) is 3.08. The highest BCUT2D eigenvalue weighted by Gasteiger charge is 2.22. The summed E-state index contributed by atoms with van der Waals surface area (Å²) in [6.45, 7) is 1.15. The minimum absolute atomic E-state index is 0.0308. The van der Waals surface area contributed by atoms with Crippen LogP contribution in [0.1, 0.15) is 27.5 Å². The standard InChI is InChI=1S/C17H20N4O2S/c18-8-7-15-20-13(11-24-15)17(23)19-10-16(22)21-9-3-5-12-4-1-2-6-14(12)21/h1-2,4,6,11H,3,5,7-10,18H2,(H,19,23). The minimum Gasteiger partial charge on any atom is -0.342 e. The third-order valence-corrected chi connectivity index (χ3v) is 4.86. The van der Waals surface area contributed by atoms with Crippen LogP contribution in [0, 0.1) is 0 Å². The third kappa shape index (κ3) is 3.63. The predicted molar refractivity (Wildman–Crippen MR) is 94.3 cm³/mol. The molecule has 0 bridgehead atoms. The second-order valence-electron chi connectivity index (χ2n) is 5.63. The molecular formula is C17H20N4O2S. The smallest absolute Gasteiger partial charge is 0.271 e. The number of anilines is 1. The van der Waals surface area contributed by atoms with E-state index >= 15 is 0 Å². The number of carbonyl (C=O) groups is 2. The molecule has 0 atom stereocenters. The summed E-state index contributed by atoms with van der Waals surface area (Å²) in [6, 6.07) is 7.91. The Morgan fingerprint density at radius 1 is 1.33 bits per heavy atom. The quantitative estimate of drug-likeness (QED) is 0.857. The van der Waals surface area contributed by atoms with Crippen molar-refractivity contribution >= 4 is 28.8 Å². The lowest BCUT2D eigenvalue weighted by atomic mass is 10.0. The van der Waals surface area contributed by atoms with Gasteiger partial charge in [-0.1, -0.05) is 18.2 Å². The molecule has 3 N–H and O–H groups in total. The van der Waals surface area contributed by atoms with Gasteiger partial charge >= 0.3 is 0 Å². The van der Waals surface area contributed by atoms with Crippen molar-refractivity contribution in [2.24, 2.45) is 5.73 Å². The Balaban J connectivity index is 1.60. The molecule has 6 nitrogen and oxygen atoms in total. The number of para-hydroxylation sites is 1. The van der Waals surface area contributed by atoms with Crippen molar-refractivity contribution in [2.75, 3.05) is 24.5 Å². The van der Waals surface area contributed by atoms with Crippen molar-refractivity contribution in [1.29, 1.82) is 0 Å². The Bertz CT molecular complexity index is 744. The Hall–Kier alpha value is -2.25. The van der Waals surface area contributed by atoms with Gasteiger partial charge in [-0.2, -0.15) is 0 Å². The molecule has 1 aromatic carbocycles. The van der Waals surface area contributed by atoms with E-state index in [4.69, 9.17) is 5.73 Å². The number of nitrogens with two attached hydrogens (primary N) is 1. The molecule has 1 aliphatic rings. The van der Waals surface area contributed by atoms with Crippen molar-refractivity contribution in [3.05, 3.63) is 45.9 Å². The highest BCUT2D eigenvalue weighted by atomic mass is 32.1. The molecule has 7 heteroatoms. The van der Waals surface area contributed by atoms with E-state index in [-0.39, 0.29) is 18.4 Å². The van der Waals surface area contributed by atoms with Crippen molar-refractivity contribution < 1.29 is 9.59 Å². The van der Waals surface area contributed by atoms with Gasteiger partial charge in [-0.25, -0.2) is 4.98 Å². The van der Waals surface area contributed by atoms with Gasteiger partial charge in [0.25, 0.3) is 5.91 Å². The summed E-state index contributed by atoms with van der Waals surface area (Å²) >= 11 is 1.41. The fourth-order valence-electron chi connectivity index (χ4n) is 2.79. The van der Waals surface area contributed by atoms with E-state index in [1.54, 1.807) is 10.3 Å². The van der Waals surface area contributed by atoms with Crippen molar-refractivity contribution in [1.82, 2.24) is 10.3 Å². The van der Waals surface area contributed by atoms with Gasteiger partial charge < -0.3 is 16.0 Å². The molecule has 1 aromatic heterocycles. The summed E-state index contributed by atoms with van der Waals surface area (Å²) in [5, 5.41) is 5.19. The lowest BCUT2D eigenvalue weighted by Crippen LogP contribution is -2.42. The van der Waals surface area contributed by atoms with Crippen LogP contribution in [-0.4, -0.2) is 36.4 Å². The van der Waals surface area contributed by atoms with Gasteiger partial charge in [-0.3, -0.25) is 9.59 Å². The summed E-state index contributed by atoms with van der Waals surface area (Å²) in [5.74, 6) is -0.430. The number of hydrogen-bond acceptors (Lipinski definition) is 5. The van der Waals surface area contributed by atoms with E-state index < -0.39 is 0 Å². The van der Waals surface area contributed by atoms with Gasteiger partial charge in [0.05, 0.1) is 11.6 Å². The normalized spacial score (nSPS) is 13.5. The fourth-order valence-corrected chi connectivity index (χ4v) is 3.58. The maximum atomic E-state index is 12.5. The van der Waals surface area contributed by atoms with E-state index in [1.165, 1.54) is 16.9 Å². The van der Waals surface area contributed by atoms with Gasteiger partial charge in [0.15, 0.2) is 0 Å². The highest BCUT2D eigenvalue weighted by molar-refractivity contribution is 7.09. The zero-order valence-electron chi connectivity index (χ0n) is 13.3. The van der Waals surface area contributed by atoms with Gasteiger partial charge in [0, 0.05) is 24.0 Å². The molecule has 2 amide bonds. The van der Waals surface area contributed by atoms with E-state index in [2.05, 4.69) is 10.3 Å². The van der Waals surface area contributed by atoms with E-state index in [1.807, 2.05) is 24.3 Å². The number of amides is 2. The molecule has 24 heavy (non-hydrogen) atoms. The van der Waals surface area contributed by atoms with Crippen LogP contribution in [0.2, 0.25) is 0 Å². The van der Waals surface area contributed by atoms with Crippen LogP contribution >= 0.6 is 11.3 Å². The van der Waals surface area contributed by atoms with Crippen molar-refractivity contribution in [3.8, 4) is 0 Å². The van der Waals surface area contributed by atoms with Crippen LogP contribution in [0.4, 0.5) is 5.69 Å². The SMILES string of the molecule is NCCc1nc(C(=O)NCC(=O)N2CCCc3ccccc32)cs1. The summed E-state index contributed by atoms with van der Waals surface area (Å²) in [5.41, 5.74) is 7.95. The molecule has 0 fully saturated rings. The fraction of sp³-hybridized carbons (Fsp3) is 0.353. The van der Waals surface area contributed by atoms with E-state index in [9.17, 15) is 9.59 Å². The van der Waals surface area contributed by atoms with Crippen molar-refractivity contribution in [2.45, 2.75) is 19.3 Å². The van der Waals surface area contributed by atoms with Crippen LogP contribution < -0.4 is 16.0 Å². The molecule has 2 heterocycles. The Kier molecular flexibility index (Phi) is 5.22. The summed E-state index contributed by atoms with van der Waals surface area (Å²) in [6.07, 6.45) is 2.57. The van der Waals surface area contributed by atoms with Crippen LogP contribution in [0.5, 0.6) is 0 Å². The molecule has 3 rings (SSSR count). The summed E-state index contributed by atoms with van der Waals surface area (Å²) in [7, 11) is 0. The first-order chi connectivity index (χ1) is 11.7. The van der Waals surface area contributed by atoms with E-state index in [0.717, 1.165) is 23.5 Å². The molecule has 0 radical (unpaired) electrons. The Labute approximate surface area is 144 Å². The summed E-state index contributed by atoms with van der Waals surface area (Å²) < 4.78 is 0. The van der Waals surface area contributed by atoms with Crippen LogP contribution in [-0.2, 0) is 17.6 Å².